The fourth-order valence-corrected chi connectivity index (χ4v) is 0.788. The van der Waals surface area contributed by atoms with Crippen molar-refractivity contribution < 1.29 is 0 Å². The van der Waals surface area contributed by atoms with Crippen molar-refractivity contribution in [3.8, 4) is 0 Å². The fourth-order valence-electron chi connectivity index (χ4n) is 0.788. The number of aromatic nitrogens is 2. The van der Waals surface area contributed by atoms with E-state index in [9.17, 15) is 4.79 Å². The molecule has 0 radical (unpaired) electrons. The zero-order chi connectivity index (χ0) is 8.27. The average molecular weight is 150 g/mol. The minimum atomic E-state index is -0.0389. The summed E-state index contributed by atoms with van der Waals surface area (Å²) in [6, 6.07) is 1.43. The van der Waals surface area contributed by atoms with E-state index in [0.29, 0.717) is 6.54 Å². The first-order valence-electron chi connectivity index (χ1n) is 3.35. The molecule has 0 saturated heterocycles. The van der Waals surface area contributed by atoms with Gasteiger partial charge in [0.15, 0.2) is 0 Å². The molecule has 11 heavy (non-hydrogen) atoms. The maximum atomic E-state index is 11.0. The lowest BCUT2D eigenvalue weighted by Gasteiger charge is -2.01. The second kappa shape index (κ2) is 3.14. The predicted octanol–water partition coefficient (Wildman–Crippen LogP) is 0.819. The van der Waals surface area contributed by atoms with Crippen LogP contribution < -0.4 is 5.56 Å². The molecule has 0 N–H and O–H groups in total. The Balaban J connectivity index is 2.95. The summed E-state index contributed by atoms with van der Waals surface area (Å²) in [5, 5.41) is 0. The molecule has 0 bridgehead atoms. The van der Waals surface area contributed by atoms with Gasteiger partial charge in [0.1, 0.15) is 0 Å². The zero-order valence-electron chi connectivity index (χ0n) is 6.45. The van der Waals surface area contributed by atoms with Crippen LogP contribution in [-0.2, 0) is 6.54 Å². The predicted molar refractivity (Wildman–Crippen MR) is 43.3 cm³/mol. The van der Waals surface area contributed by atoms with Gasteiger partial charge in [-0.05, 0) is 6.92 Å². The van der Waals surface area contributed by atoms with E-state index < -0.39 is 0 Å². The summed E-state index contributed by atoms with van der Waals surface area (Å²) >= 11 is 0. The molecular weight excluding hydrogens is 140 g/mol. The molecule has 0 amide bonds. The highest BCUT2D eigenvalue weighted by atomic mass is 16.1. The molecule has 0 fully saturated rings. The largest absolute Gasteiger partial charge is 0.295 e. The molecule has 0 aromatic carbocycles. The van der Waals surface area contributed by atoms with Crippen LogP contribution >= 0.6 is 0 Å². The highest BCUT2D eigenvalue weighted by Crippen LogP contribution is 1.89. The highest BCUT2D eigenvalue weighted by molar-refractivity contribution is 4.92. The average Bonchev–Trinajstić information content (AvgIpc) is 1.93. The normalized spacial score (nSPS) is 9.55. The van der Waals surface area contributed by atoms with Crippen LogP contribution in [0.15, 0.2) is 35.5 Å². The summed E-state index contributed by atoms with van der Waals surface area (Å²) in [5.41, 5.74) is 0.906. The van der Waals surface area contributed by atoms with Gasteiger partial charge in [-0.3, -0.25) is 9.36 Å². The third-order valence-corrected chi connectivity index (χ3v) is 1.23. The van der Waals surface area contributed by atoms with E-state index in [2.05, 4.69) is 11.6 Å². The lowest BCUT2D eigenvalue weighted by atomic mass is 10.3. The summed E-state index contributed by atoms with van der Waals surface area (Å²) in [6.45, 7) is 6.13. The molecule has 0 aliphatic heterocycles. The number of hydrogen-bond acceptors (Lipinski definition) is 2. The molecule has 0 aliphatic rings. The van der Waals surface area contributed by atoms with Crippen molar-refractivity contribution >= 4 is 0 Å². The van der Waals surface area contributed by atoms with Crippen molar-refractivity contribution in [1.29, 1.82) is 0 Å². The van der Waals surface area contributed by atoms with E-state index >= 15 is 0 Å². The van der Waals surface area contributed by atoms with E-state index in [-0.39, 0.29) is 5.56 Å². The Morgan fingerprint density at radius 2 is 2.55 bits per heavy atom. The zero-order valence-corrected chi connectivity index (χ0v) is 6.45. The number of rotatable bonds is 2. The lowest BCUT2D eigenvalue weighted by molar-refractivity contribution is 0.726. The van der Waals surface area contributed by atoms with E-state index in [1.165, 1.54) is 23.2 Å². The van der Waals surface area contributed by atoms with Gasteiger partial charge < -0.3 is 0 Å². The van der Waals surface area contributed by atoms with Gasteiger partial charge in [0.2, 0.25) is 0 Å². The maximum absolute atomic E-state index is 11.0. The summed E-state index contributed by atoms with van der Waals surface area (Å²) in [4.78, 5) is 14.9. The number of allylic oxidation sites excluding steroid dienone is 1. The van der Waals surface area contributed by atoms with Crippen LogP contribution in [0.1, 0.15) is 6.92 Å². The van der Waals surface area contributed by atoms with Crippen LogP contribution in [-0.4, -0.2) is 9.55 Å². The van der Waals surface area contributed by atoms with Gasteiger partial charge in [-0.2, -0.15) is 0 Å². The van der Waals surface area contributed by atoms with Crippen LogP contribution in [0.3, 0.4) is 0 Å². The second-order valence-electron chi connectivity index (χ2n) is 2.50. The Hall–Kier alpha value is -1.38. The van der Waals surface area contributed by atoms with Gasteiger partial charge in [-0.15, -0.1) is 0 Å². The molecular formula is C8H10N2O. The molecule has 1 heterocycles. The van der Waals surface area contributed by atoms with Crippen LogP contribution in [0.2, 0.25) is 0 Å². The van der Waals surface area contributed by atoms with Crippen molar-refractivity contribution in [1.82, 2.24) is 9.55 Å². The summed E-state index contributed by atoms with van der Waals surface area (Å²) in [5.74, 6) is 0. The van der Waals surface area contributed by atoms with Gasteiger partial charge >= 0.3 is 0 Å². The summed E-state index contributed by atoms with van der Waals surface area (Å²) in [7, 11) is 0. The van der Waals surface area contributed by atoms with Gasteiger partial charge in [-0.1, -0.05) is 12.2 Å². The monoisotopic (exact) mass is 150 g/mol. The van der Waals surface area contributed by atoms with E-state index in [1.807, 2.05) is 6.92 Å². The molecule has 3 heteroatoms. The topological polar surface area (TPSA) is 34.9 Å². The highest BCUT2D eigenvalue weighted by Gasteiger charge is 1.92. The van der Waals surface area contributed by atoms with E-state index in [0.717, 1.165) is 5.57 Å². The Labute approximate surface area is 65.0 Å². The first-order chi connectivity index (χ1) is 5.20. The van der Waals surface area contributed by atoms with Crippen molar-refractivity contribution in [2.24, 2.45) is 0 Å². The molecule has 1 aromatic heterocycles. The molecule has 3 nitrogen and oxygen atoms in total. The summed E-state index contributed by atoms with van der Waals surface area (Å²) < 4.78 is 1.52. The third kappa shape index (κ3) is 2.04. The lowest BCUT2D eigenvalue weighted by Crippen LogP contribution is -2.18. The second-order valence-corrected chi connectivity index (χ2v) is 2.50. The van der Waals surface area contributed by atoms with Gasteiger partial charge in [0.25, 0.3) is 5.56 Å². The smallest absolute Gasteiger partial charge is 0.253 e. The maximum Gasteiger partial charge on any atom is 0.253 e. The molecule has 1 aromatic rings. The Morgan fingerprint density at radius 1 is 1.82 bits per heavy atom. The van der Waals surface area contributed by atoms with Crippen molar-refractivity contribution in [3.63, 3.8) is 0 Å². The number of nitrogens with zero attached hydrogens (tertiary/aromatic N) is 2. The molecule has 0 atom stereocenters. The minimum absolute atomic E-state index is 0.0389. The fraction of sp³-hybridized carbons (Fsp3) is 0.250. The van der Waals surface area contributed by atoms with Crippen molar-refractivity contribution in [3.05, 3.63) is 41.1 Å². The molecule has 58 valence electrons. The van der Waals surface area contributed by atoms with E-state index in [4.69, 9.17) is 0 Å². The Bertz CT molecular complexity index is 314. The minimum Gasteiger partial charge on any atom is -0.295 e. The molecule has 0 aliphatic carbocycles. The van der Waals surface area contributed by atoms with Crippen LogP contribution in [0.25, 0.3) is 0 Å². The Kier molecular flexibility index (Phi) is 2.21. The third-order valence-electron chi connectivity index (χ3n) is 1.23. The molecule has 1 rings (SSSR count). The molecule has 0 spiro atoms. The van der Waals surface area contributed by atoms with Crippen LogP contribution in [0, 0.1) is 0 Å². The van der Waals surface area contributed by atoms with Gasteiger partial charge in [0, 0.05) is 18.8 Å². The molecule has 0 unspecified atom stereocenters. The van der Waals surface area contributed by atoms with Crippen LogP contribution in [0.5, 0.6) is 0 Å². The van der Waals surface area contributed by atoms with E-state index in [1.54, 1.807) is 0 Å². The van der Waals surface area contributed by atoms with Gasteiger partial charge in [0.05, 0.1) is 6.33 Å². The van der Waals surface area contributed by atoms with Gasteiger partial charge in [-0.25, -0.2) is 4.98 Å². The van der Waals surface area contributed by atoms with Crippen molar-refractivity contribution in [2.45, 2.75) is 13.5 Å². The SMILES string of the molecule is C=C(C)Cn1cnccc1=O. The first kappa shape index (κ1) is 7.72. The van der Waals surface area contributed by atoms with Crippen LogP contribution in [0.4, 0.5) is 0 Å². The quantitative estimate of drug-likeness (QED) is 0.585. The first-order valence-corrected chi connectivity index (χ1v) is 3.35. The van der Waals surface area contributed by atoms with Crippen molar-refractivity contribution in [2.75, 3.05) is 0 Å². The molecule has 0 saturated carbocycles. The summed E-state index contributed by atoms with van der Waals surface area (Å²) in [6.07, 6.45) is 2.99. The Morgan fingerprint density at radius 3 is 3.09 bits per heavy atom. The number of hydrogen-bond donors (Lipinski definition) is 0. The standard InChI is InChI=1S/C8H10N2O/c1-7(2)5-10-6-9-4-3-8(10)11/h3-4,6H,1,5H2,2H3.